The molecule has 0 aliphatic rings. The van der Waals surface area contributed by atoms with Crippen LogP contribution in [0.5, 0.6) is 0 Å². The van der Waals surface area contributed by atoms with Crippen molar-refractivity contribution in [2.24, 2.45) is 0 Å². The van der Waals surface area contributed by atoms with Crippen LogP contribution >= 0.6 is 0 Å². The molecule has 0 bridgehead atoms. The highest BCUT2D eigenvalue weighted by Crippen LogP contribution is 1.83. The predicted octanol–water partition coefficient (Wildman–Crippen LogP) is 0.926. The summed E-state index contributed by atoms with van der Waals surface area (Å²) in [4.78, 5) is 4.69. The molecule has 9 heavy (non-hydrogen) atoms. The SMILES string of the molecule is CCCC[N]OCOC. The van der Waals surface area contributed by atoms with Crippen molar-refractivity contribution in [1.29, 1.82) is 0 Å². The number of nitrogens with zero attached hydrogens (tertiary/aromatic N) is 1. The first-order valence-electron chi connectivity index (χ1n) is 3.19. The molecular formula is C6H14NO2. The van der Waals surface area contributed by atoms with Gasteiger partial charge in [0.25, 0.3) is 0 Å². The fourth-order valence-electron chi connectivity index (χ4n) is 0.377. The van der Waals surface area contributed by atoms with Crippen molar-refractivity contribution in [2.75, 3.05) is 20.4 Å². The second kappa shape index (κ2) is 7.88. The van der Waals surface area contributed by atoms with E-state index in [1.54, 1.807) is 7.11 Å². The summed E-state index contributed by atoms with van der Waals surface area (Å²) in [5, 5.41) is 0. The second-order valence-corrected chi connectivity index (χ2v) is 1.74. The predicted molar refractivity (Wildman–Crippen MR) is 34.9 cm³/mol. The summed E-state index contributed by atoms with van der Waals surface area (Å²) in [6.45, 7) is 3.16. The Morgan fingerprint density at radius 3 is 2.78 bits per heavy atom. The minimum Gasteiger partial charge on any atom is -0.357 e. The molecule has 0 aromatic carbocycles. The highest BCUT2D eigenvalue weighted by molar-refractivity contribution is 4.31. The maximum absolute atomic E-state index is 4.69. The van der Waals surface area contributed by atoms with Crippen LogP contribution < -0.4 is 5.48 Å². The van der Waals surface area contributed by atoms with Crippen LogP contribution in [0.2, 0.25) is 0 Å². The minimum absolute atomic E-state index is 0.268. The van der Waals surface area contributed by atoms with Gasteiger partial charge >= 0.3 is 0 Å². The van der Waals surface area contributed by atoms with Crippen LogP contribution in [0.25, 0.3) is 0 Å². The van der Waals surface area contributed by atoms with Gasteiger partial charge in [-0.3, -0.25) is 4.84 Å². The second-order valence-electron chi connectivity index (χ2n) is 1.74. The molecule has 0 atom stereocenters. The molecule has 0 spiro atoms. The van der Waals surface area contributed by atoms with Crippen molar-refractivity contribution >= 4 is 0 Å². The lowest BCUT2D eigenvalue weighted by molar-refractivity contribution is -0.0866. The molecular weight excluding hydrogens is 118 g/mol. The quantitative estimate of drug-likeness (QED) is 0.306. The van der Waals surface area contributed by atoms with Crippen LogP contribution in [0.3, 0.4) is 0 Å². The molecule has 0 aromatic heterocycles. The first kappa shape index (κ1) is 8.88. The molecule has 0 rings (SSSR count). The average molecular weight is 132 g/mol. The molecule has 0 amide bonds. The van der Waals surface area contributed by atoms with Crippen molar-refractivity contribution in [3.8, 4) is 0 Å². The minimum atomic E-state index is 0.268. The van der Waals surface area contributed by atoms with Gasteiger partial charge in [0.1, 0.15) is 0 Å². The molecule has 0 heterocycles. The number of hydrogen-bond donors (Lipinski definition) is 0. The van der Waals surface area contributed by atoms with E-state index in [4.69, 9.17) is 0 Å². The van der Waals surface area contributed by atoms with Gasteiger partial charge in [-0.1, -0.05) is 18.8 Å². The summed E-state index contributed by atoms with van der Waals surface area (Å²) >= 11 is 0. The van der Waals surface area contributed by atoms with Gasteiger partial charge in [-0.05, 0) is 6.42 Å². The third kappa shape index (κ3) is 7.88. The Balaban J connectivity index is 2.60. The fraction of sp³-hybridized carbons (Fsp3) is 1.00. The molecule has 0 saturated carbocycles. The molecule has 0 fully saturated rings. The molecule has 3 nitrogen and oxygen atoms in total. The van der Waals surface area contributed by atoms with E-state index in [1.807, 2.05) is 0 Å². The molecule has 1 radical (unpaired) electrons. The first-order chi connectivity index (χ1) is 4.41. The van der Waals surface area contributed by atoms with Crippen LogP contribution in [-0.4, -0.2) is 20.4 Å². The van der Waals surface area contributed by atoms with Gasteiger partial charge in [-0.15, -0.1) is 0 Å². The maximum Gasteiger partial charge on any atom is 0.168 e. The van der Waals surface area contributed by atoms with Crippen molar-refractivity contribution < 1.29 is 9.57 Å². The monoisotopic (exact) mass is 132 g/mol. The Morgan fingerprint density at radius 1 is 1.44 bits per heavy atom. The van der Waals surface area contributed by atoms with E-state index >= 15 is 0 Å². The van der Waals surface area contributed by atoms with Crippen molar-refractivity contribution in [1.82, 2.24) is 5.48 Å². The number of unbranched alkanes of at least 4 members (excludes halogenated alkanes) is 1. The Kier molecular flexibility index (Phi) is 7.77. The zero-order valence-corrected chi connectivity index (χ0v) is 6.09. The third-order valence-electron chi connectivity index (χ3n) is 0.865. The summed E-state index contributed by atoms with van der Waals surface area (Å²) in [6.07, 6.45) is 2.24. The molecule has 0 saturated heterocycles. The van der Waals surface area contributed by atoms with Gasteiger partial charge in [0.15, 0.2) is 6.79 Å². The lowest BCUT2D eigenvalue weighted by Gasteiger charge is -1.98. The number of rotatable bonds is 6. The summed E-state index contributed by atoms with van der Waals surface area (Å²) in [5.74, 6) is 0. The first-order valence-corrected chi connectivity index (χ1v) is 3.19. The maximum atomic E-state index is 4.69. The Hall–Kier alpha value is -0.120. The van der Waals surface area contributed by atoms with Gasteiger partial charge in [0.05, 0.1) is 0 Å². The van der Waals surface area contributed by atoms with Crippen molar-refractivity contribution in [2.45, 2.75) is 19.8 Å². The van der Waals surface area contributed by atoms with Crippen molar-refractivity contribution in [3.63, 3.8) is 0 Å². The number of ether oxygens (including phenoxy) is 1. The fourth-order valence-corrected chi connectivity index (χ4v) is 0.377. The van der Waals surface area contributed by atoms with E-state index in [9.17, 15) is 0 Å². The molecule has 0 N–H and O–H groups in total. The Labute approximate surface area is 56.3 Å². The normalized spacial score (nSPS) is 10.0. The lowest BCUT2D eigenvalue weighted by atomic mass is 10.3. The van der Waals surface area contributed by atoms with E-state index in [1.165, 1.54) is 0 Å². The van der Waals surface area contributed by atoms with Crippen molar-refractivity contribution in [3.05, 3.63) is 0 Å². The highest BCUT2D eigenvalue weighted by Gasteiger charge is 1.85. The molecule has 0 aromatic rings. The zero-order chi connectivity index (χ0) is 6.95. The summed E-state index contributed by atoms with van der Waals surface area (Å²) in [6, 6.07) is 0. The van der Waals surface area contributed by atoms with Gasteiger partial charge in [-0.25, -0.2) is 0 Å². The molecule has 55 valence electrons. The van der Waals surface area contributed by atoms with Gasteiger partial charge in [-0.2, -0.15) is 0 Å². The number of hydroxylamine groups is 1. The molecule has 3 heteroatoms. The lowest BCUT2D eigenvalue weighted by Crippen LogP contribution is -2.09. The standard InChI is InChI=1S/C6H14NO2/c1-3-4-5-7-9-6-8-2/h3-6H2,1-2H3. The summed E-state index contributed by atoms with van der Waals surface area (Å²) in [5.41, 5.74) is 3.73. The number of hydrogen-bond acceptors (Lipinski definition) is 2. The van der Waals surface area contributed by atoms with E-state index in [-0.39, 0.29) is 6.79 Å². The summed E-state index contributed by atoms with van der Waals surface area (Å²) < 4.78 is 4.61. The van der Waals surface area contributed by atoms with Crippen LogP contribution in [0.15, 0.2) is 0 Å². The highest BCUT2D eigenvalue weighted by atomic mass is 16.7. The van der Waals surface area contributed by atoms with Gasteiger partial charge in [0.2, 0.25) is 0 Å². The topological polar surface area (TPSA) is 32.6 Å². The average Bonchev–Trinajstić information content (AvgIpc) is 1.89. The van der Waals surface area contributed by atoms with Crippen LogP contribution in [0.4, 0.5) is 0 Å². The molecule has 0 aliphatic heterocycles. The van der Waals surface area contributed by atoms with E-state index in [2.05, 4.69) is 22.0 Å². The largest absolute Gasteiger partial charge is 0.357 e. The Bertz CT molecular complexity index is 44.3. The Morgan fingerprint density at radius 2 is 2.22 bits per heavy atom. The van der Waals surface area contributed by atoms with E-state index < -0.39 is 0 Å². The van der Waals surface area contributed by atoms with Gasteiger partial charge < -0.3 is 4.74 Å². The van der Waals surface area contributed by atoms with Crippen LogP contribution in [-0.2, 0) is 9.57 Å². The van der Waals surface area contributed by atoms with E-state index in [0.717, 1.165) is 19.4 Å². The zero-order valence-electron chi connectivity index (χ0n) is 6.09. The molecule has 0 aliphatic carbocycles. The van der Waals surface area contributed by atoms with Crippen LogP contribution in [0.1, 0.15) is 19.8 Å². The van der Waals surface area contributed by atoms with Crippen LogP contribution in [0, 0.1) is 0 Å². The van der Waals surface area contributed by atoms with Gasteiger partial charge in [0, 0.05) is 13.7 Å². The number of methoxy groups -OCH3 is 1. The summed E-state index contributed by atoms with van der Waals surface area (Å²) in [7, 11) is 1.58. The third-order valence-corrected chi connectivity index (χ3v) is 0.865. The molecule has 0 unspecified atom stereocenters. The smallest absolute Gasteiger partial charge is 0.168 e. The van der Waals surface area contributed by atoms with E-state index in [0.29, 0.717) is 0 Å².